The molecule has 1 saturated carbocycles. The summed E-state index contributed by atoms with van der Waals surface area (Å²) in [5.41, 5.74) is -0.0337. The Labute approximate surface area is 115 Å². The molecule has 110 valence electrons. The summed E-state index contributed by atoms with van der Waals surface area (Å²) < 4.78 is 0. The van der Waals surface area contributed by atoms with Crippen LogP contribution in [0, 0.1) is 0 Å². The number of hydrogen-bond donors (Lipinski definition) is 3. The Morgan fingerprint density at radius 2 is 1.74 bits per heavy atom. The fourth-order valence-electron chi connectivity index (χ4n) is 2.71. The molecule has 0 unspecified atom stereocenters. The van der Waals surface area contributed by atoms with Crippen molar-refractivity contribution in [1.29, 1.82) is 0 Å². The van der Waals surface area contributed by atoms with E-state index in [1.54, 1.807) is 0 Å². The summed E-state index contributed by atoms with van der Waals surface area (Å²) in [6.45, 7) is 2.94. The molecule has 0 spiro atoms. The maximum atomic E-state index is 11.9. The van der Waals surface area contributed by atoms with Gasteiger partial charge in [0.05, 0.1) is 0 Å². The van der Waals surface area contributed by atoms with Crippen LogP contribution in [0.15, 0.2) is 0 Å². The van der Waals surface area contributed by atoms with Crippen LogP contribution in [0.3, 0.4) is 0 Å². The van der Waals surface area contributed by atoms with Gasteiger partial charge < -0.3 is 16.0 Å². The lowest BCUT2D eigenvalue weighted by Crippen LogP contribution is -2.48. The summed E-state index contributed by atoms with van der Waals surface area (Å²) in [6.07, 6.45) is 6.63. The quantitative estimate of drug-likeness (QED) is 0.644. The Kier molecular flexibility index (Phi) is 6.84. The molecular formula is C14H27N3O2. The molecule has 0 aromatic rings. The normalized spacial score (nSPS) is 17.8. The summed E-state index contributed by atoms with van der Waals surface area (Å²) in [4.78, 5) is 23.2. The van der Waals surface area contributed by atoms with Crippen LogP contribution in [0.1, 0.15) is 51.9 Å². The second-order valence-corrected chi connectivity index (χ2v) is 5.32. The highest BCUT2D eigenvalue weighted by Crippen LogP contribution is 2.30. The van der Waals surface area contributed by atoms with Gasteiger partial charge >= 0.3 is 0 Å². The van der Waals surface area contributed by atoms with E-state index in [0.717, 1.165) is 12.8 Å². The molecule has 2 amide bonds. The zero-order valence-corrected chi connectivity index (χ0v) is 12.2. The summed E-state index contributed by atoms with van der Waals surface area (Å²) >= 11 is 0. The van der Waals surface area contributed by atoms with Gasteiger partial charge in [0.1, 0.15) is 0 Å². The van der Waals surface area contributed by atoms with E-state index in [9.17, 15) is 9.59 Å². The van der Waals surface area contributed by atoms with Crippen molar-refractivity contribution < 1.29 is 9.59 Å². The number of carbonyl (C=O) groups is 2. The van der Waals surface area contributed by atoms with E-state index in [1.165, 1.54) is 19.3 Å². The molecule has 19 heavy (non-hydrogen) atoms. The zero-order chi connectivity index (χ0) is 14.1. The second kappa shape index (κ2) is 8.15. The fraction of sp³-hybridized carbons (Fsp3) is 0.857. The smallest absolute Gasteiger partial charge is 0.221 e. The van der Waals surface area contributed by atoms with Crippen molar-refractivity contribution in [2.75, 3.05) is 20.1 Å². The Balaban J connectivity index is 2.27. The molecule has 0 aromatic heterocycles. The Hall–Kier alpha value is -1.10. The lowest BCUT2D eigenvalue weighted by atomic mass is 9.79. The Morgan fingerprint density at radius 3 is 2.32 bits per heavy atom. The van der Waals surface area contributed by atoms with Crippen molar-refractivity contribution in [2.45, 2.75) is 57.4 Å². The Bertz CT molecular complexity index is 299. The first-order valence-corrected chi connectivity index (χ1v) is 7.34. The van der Waals surface area contributed by atoms with Gasteiger partial charge in [-0.3, -0.25) is 9.59 Å². The van der Waals surface area contributed by atoms with E-state index in [-0.39, 0.29) is 17.4 Å². The first-order valence-electron chi connectivity index (χ1n) is 7.34. The summed E-state index contributed by atoms with van der Waals surface area (Å²) in [6, 6.07) is 0. The molecule has 3 N–H and O–H groups in total. The minimum Gasteiger partial charge on any atom is -0.356 e. The van der Waals surface area contributed by atoms with Crippen LogP contribution >= 0.6 is 0 Å². The van der Waals surface area contributed by atoms with E-state index in [0.29, 0.717) is 25.9 Å². The third kappa shape index (κ3) is 5.59. The van der Waals surface area contributed by atoms with E-state index < -0.39 is 0 Å². The predicted octanol–water partition coefficient (Wildman–Crippen LogP) is 0.941. The van der Waals surface area contributed by atoms with Gasteiger partial charge in [-0.05, 0) is 26.8 Å². The molecule has 5 nitrogen and oxygen atoms in total. The Morgan fingerprint density at radius 1 is 1.05 bits per heavy atom. The van der Waals surface area contributed by atoms with Crippen LogP contribution in [-0.2, 0) is 9.59 Å². The average molecular weight is 269 g/mol. The molecule has 0 atom stereocenters. The average Bonchev–Trinajstić information content (AvgIpc) is 2.40. The number of hydrogen-bond acceptors (Lipinski definition) is 3. The maximum absolute atomic E-state index is 11.9. The molecule has 1 rings (SSSR count). The standard InChI is InChI=1S/C14H27N3O2/c1-3-16-12(18)7-10-17-13(19)11-14(15-2)8-5-4-6-9-14/h15H,3-11H2,1-2H3,(H,16,18)(H,17,19). The third-order valence-corrected chi connectivity index (χ3v) is 3.89. The van der Waals surface area contributed by atoms with Crippen molar-refractivity contribution in [3.8, 4) is 0 Å². The highest BCUT2D eigenvalue weighted by molar-refractivity contribution is 5.79. The highest BCUT2D eigenvalue weighted by Gasteiger charge is 2.32. The molecular weight excluding hydrogens is 242 g/mol. The summed E-state index contributed by atoms with van der Waals surface area (Å²) in [7, 11) is 1.94. The zero-order valence-electron chi connectivity index (χ0n) is 12.2. The molecule has 1 fully saturated rings. The number of carbonyl (C=O) groups excluding carboxylic acids is 2. The van der Waals surface area contributed by atoms with E-state index in [1.807, 2.05) is 14.0 Å². The monoisotopic (exact) mass is 269 g/mol. The topological polar surface area (TPSA) is 70.2 Å². The molecule has 0 radical (unpaired) electrons. The molecule has 0 heterocycles. The molecule has 1 aliphatic carbocycles. The van der Waals surface area contributed by atoms with Gasteiger partial charge in [-0.2, -0.15) is 0 Å². The van der Waals surface area contributed by atoms with Crippen LogP contribution in [0.4, 0.5) is 0 Å². The van der Waals surface area contributed by atoms with Gasteiger partial charge in [0, 0.05) is 31.5 Å². The maximum Gasteiger partial charge on any atom is 0.221 e. The number of nitrogens with one attached hydrogen (secondary N) is 3. The van der Waals surface area contributed by atoms with Crippen LogP contribution < -0.4 is 16.0 Å². The summed E-state index contributed by atoms with van der Waals surface area (Å²) in [5, 5.41) is 8.88. The minimum absolute atomic E-state index is 0.0104. The van der Waals surface area contributed by atoms with Crippen LogP contribution in [0.5, 0.6) is 0 Å². The first-order chi connectivity index (χ1) is 9.12. The molecule has 1 aliphatic rings. The van der Waals surface area contributed by atoms with Crippen LogP contribution in [-0.4, -0.2) is 37.5 Å². The van der Waals surface area contributed by atoms with E-state index >= 15 is 0 Å². The summed E-state index contributed by atoms with van der Waals surface area (Å²) in [5.74, 6) is 0.0318. The number of rotatable bonds is 7. The van der Waals surface area contributed by atoms with Gasteiger partial charge in [-0.15, -0.1) is 0 Å². The van der Waals surface area contributed by atoms with Crippen molar-refractivity contribution in [3.05, 3.63) is 0 Å². The minimum atomic E-state index is -0.0337. The molecule has 0 aliphatic heterocycles. The van der Waals surface area contributed by atoms with Crippen molar-refractivity contribution in [2.24, 2.45) is 0 Å². The highest BCUT2D eigenvalue weighted by atomic mass is 16.2. The van der Waals surface area contributed by atoms with E-state index in [4.69, 9.17) is 0 Å². The van der Waals surface area contributed by atoms with Gasteiger partial charge in [0.2, 0.25) is 11.8 Å². The molecule has 0 aromatic carbocycles. The lowest BCUT2D eigenvalue weighted by molar-refractivity contribution is -0.123. The van der Waals surface area contributed by atoms with Crippen molar-refractivity contribution in [1.82, 2.24) is 16.0 Å². The first kappa shape index (κ1) is 16.0. The SMILES string of the molecule is CCNC(=O)CCNC(=O)CC1(NC)CCCCC1. The molecule has 0 bridgehead atoms. The lowest BCUT2D eigenvalue weighted by Gasteiger charge is -2.36. The van der Waals surface area contributed by atoms with Gasteiger partial charge in [0.15, 0.2) is 0 Å². The van der Waals surface area contributed by atoms with Gasteiger partial charge in [0.25, 0.3) is 0 Å². The van der Waals surface area contributed by atoms with Gasteiger partial charge in [-0.25, -0.2) is 0 Å². The van der Waals surface area contributed by atoms with E-state index in [2.05, 4.69) is 16.0 Å². The van der Waals surface area contributed by atoms with Gasteiger partial charge in [-0.1, -0.05) is 19.3 Å². The largest absolute Gasteiger partial charge is 0.356 e. The fourth-order valence-corrected chi connectivity index (χ4v) is 2.71. The van der Waals surface area contributed by atoms with Crippen LogP contribution in [0.2, 0.25) is 0 Å². The van der Waals surface area contributed by atoms with Crippen molar-refractivity contribution in [3.63, 3.8) is 0 Å². The number of amides is 2. The van der Waals surface area contributed by atoms with Crippen molar-refractivity contribution >= 4 is 11.8 Å². The second-order valence-electron chi connectivity index (χ2n) is 5.32. The third-order valence-electron chi connectivity index (χ3n) is 3.89. The molecule has 0 saturated heterocycles. The predicted molar refractivity (Wildman–Crippen MR) is 75.8 cm³/mol. The van der Waals surface area contributed by atoms with Crippen LogP contribution in [0.25, 0.3) is 0 Å². The molecule has 5 heteroatoms.